The number of rotatable bonds is 2. The third-order valence-electron chi connectivity index (χ3n) is 2.58. The van der Waals surface area contributed by atoms with Crippen LogP contribution in [0, 0.1) is 11.8 Å². The molecule has 0 bridgehead atoms. The zero-order chi connectivity index (χ0) is 13.0. The number of hydrogen-bond donors (Lipinski definition) is 2. The Balaban J connectivity index is 2.23. The Kier molecular flexibility index (Phi) is 3.60. The van der Waals surface area contributed by atoms with Crippen molar-refractivity contribution < 1.29 is 14.7 Å². The van der Waals surface area contributed by atoms with E-state index in [-0.39, 0.29) is 31.6 Å². The lowest BCUT2D eigenvalue weighted by Gasteiger charge is -2.13. The molecule has 0 aliphatic carbocycles. The quantitative estimate of drug-likeness (QED) is 0.572. The normalized spacial score (nSPS) is 14.2. The summed E-state index contributed by atoms with van der Waals surface area (Å²) in [7, 11) is 0. The Morgan fingerprint density at radius 3 is 2.78 bits per heavy atom. The number of aliphatic hydroxyl groups excluding tert-OH is 1. The van der Waals surface area contributed by atoms with Crippen molar-refractivity contribution in [2.75, 3.05) is 13.2 Å². The van der Waals surface area contributed by atoms with Gasteiger partial charge in [-0.05, 0) is 11.6 Å². The molecule has 1 aromatic rings. The third kappa shape index (κ3) is 2.50. The van der Waals surface area contributed by atoms with Crippen LogP contribution in [0.1, 0.15) is 11.1 Å². The summed E-state index contributed by atoms with van der Waals surface area (Å²) in [5.41, 5.74) is 1.49. The smallest absolute Gasteiger partial charge is 0.324 e. The predicted molar refractivity (Wildman–Crippen MR) is 64.4 cm³/mol. The van der Waals surface area contributed by atoms with Crippen molar-refractivity contribution in [3.05, 3.63) is 35.4 Å². The summed E-state index contributed by atoms with van der Waals surface area (Å²) < 4.78 is 0. The largest absolute Gasteiger partial charge is 0.384 e. The lowest BCUT2D eigenvalue weighted by Crippen LogP contribution is -2.30. The maximum atomic E-state index is 11.5. The van der Waals surface area contributed by atoms with Gasteiger partial charge in [-0.15, -0.1) is 0 Å². The maximum Gasteiger partial charge on any atom is 0.324 e. The molecule has 1 saturated heterocycles. The summed E-state index contributed by atoms with van der Waals surface area (Å²) >= 11 is 0. The minimum absolute atomic E-state index is 0.0450. The Bertz CT molecular complexity index is 527. The number of benzene rings is 1. The second kappa shape index (κ2) is 5.34. The minimum Gasteiger partial charge on any atom is -0.384 e. The van der Waals surface area contributed by atoms with Crippen molar-refractivity contribution in [3.63, 3.8) is 0 Å². The van der Waals surface area contributed by atoms with Gasteiger partial charge in [0.05, 0.1) is 13.1 Å². The summed E-state index contributed by atoms with van der Waals surface area (Å²) in [5, 5.41) is 11.1. The molecule has 0 aromatic heterocycles. The van der Waals surface area contributed by atoms with Gasteiger partial charge in [0.15, 0.2) is 0 Å². The van der Waals surface area contributed by atoms with Gasteiger partial charge in [-0.3, -0.25) is 9.69 Å². The number of hydrogen-bond acceptors (Lipinski definition) is 3. The fourth-order valence-electron chi connectivity index (χ4n) is 1.70. The van der Waals surface area contributed by atoms with Crippen LogP contribution in [0.15, 0.2) is 24.3 Å². The number of aliphatic hydroxyl groups is 1. The van der Waals surface area contributed by atoms with E-state index in [1.807, 2.05) is 12.1 Å². The predicted octanol–water partition coefficient (Wildman–Crippen LogP) is 0.0822. The van der Waals surface area contributed by atoms with Crippen LogP contribution in [0.3, 0.4) is 0 Å². The van der Waals surface area contributed by atoms with E-state index in [2.05, 4.69) is 17.2 Å². The molecule has 1 heterocycles. The van der Waals surface area contributed by atoms with E-state index in [1.54, 1.807) is 12.1 Å². The molecule has 0 radical (unpaired) electrons. The van der Waals surface area contributed by atoms with E-state index in [0.29, 0.717) is 5.56 Å². The van der Waals surface area contributed by atoms with Crippen molar-refractivity contribution >= 4 is 11.9 Å². The van der Waals surface area contributed by atoms with E-state index in [1.165, 1.54) is 0 Å². The molecule has 2 rings (SSSR count). The maximum absolute atomic E-state index is 11.5. The van der Waals surface area contributed by atoms with E-state index in [0.717, 1.165) is 10.5 Å². The molecule has 2 N–H and O–H groups in total. The Hall–Kier alpha value is -2.32. The molecule has 1 aliphatic rings. The van der Waals surface area contributed by atoms with Crippen LogP contribution in [0.25, 0.3) is 0 Å². The minimum atomic E-state index is -0.384. The van der Waals surface area contributed by atoms with Crippen molar-refractivity contribution in [1.82, 2.24) is 10.2 Å². The van der Waals surface area contributed by atoms with E-state index in [4.69, 9.17) is 5.11 Å². The molecule has 18 heavy (non-hydrogen) atoms. The highest BCUT2D eigenvalue weighted by Crippen LogP contribution is 2.12. The number of amides is 3. The van der Waals surface area contributed by atoms with Crippen molar-refractivity contribution in [3.8, 4) is 11.8 Å². The molecule has 5 nitrogen and oxygen atoms in total. The molecule has 1 fully saturated rings. The number of carbonyl (C=O) groups is 2. The monoisotopic (exact) mass is 244 g/mol. The summed E-state index contributed by atoms with van der Waals surface area (Å²) in [4.78, 5) is 24.1. The van der Waals surface area contributed by atoms with Crippen LogP contribution in [0.5, 0.6) is 0 Å². The van der Waals surface area contributed by atoms with Gasteiger partial charge in [-0.1, -0.05) is 30.0 Å². The third-order valence-corrected chi connectivity index (χ3v) is 2.58. The molecule has 5 heteroatoms. The number of carbonyl (C=O) groups excluding carboxylic acids is 2. The van der Waals surface area contributed by atoms with Gasteiger partial charge in [0.1, 0.15) is 6.61 Å². The highest BCUT2D eigenvalue weighted by atomic mass is 16.2. The van der Waals surface area contributed by atoms with Gasteiger partial charge in [-0.25, -0.2) is 4.79 Å². The molecule has 0 atom stereocenters. The van der Waals surface area contributed by atoms with Crippen LogP contribution in [0.4, 0.5) is 4.79 Å². The lowest BCUT2D eigenvalue weighted by atomic mass is 10.1. The first kappa shape index (κ1) is 12.1. The van der Waals surface area contributed by atoms with Crippen molar-refractivity contribution in [2.45, 2.75) is 6.54 Å². The van der Waals surface area contributed by atoms with Gasteiger partial charge in [0, 0.05) is 5.56 Å². The molecule has 3 amide bonds. The highest BCUT2D eigenvalue weighted by Gasteiger charge is 2.28. The average molecular weight is 244 g/mol. The molecular formula is C13H12N2O3. The molecular weight excluding hydrogens is 232 g/mol. The van der Waals surface area contributed by atoms with Gasteiger partial charge in [0.25, 0.3) is 0 Å². The van der Waals surface area contributed by atoms with E-state index < -0.39 is 0 Å². The summed E-state index contributed by atoms with van der Waals surface area (Å²) in [5.74, 6) is 5.11. The van der Waals surface area contributed by atoms with Crippen LogP contribution in [0.2, 0.25) is 0 Å². The van der Waals surface area contributed by atoms with Crippen molar-refractivity contribution in [1.29, 1.82) is 0 Å². The van der Waals surface area contributed by atoms with Crippen LogP contribution >= 0.6 is 0 Å². The first-order chi connectivity index (χ1) is 8.72. The molecule has 1 aromatic carbocycles. The molecule has 0 spiro atoms. The lowest BCUT2D eigenvalue weighted by molar-refractivity contribution is -0.125. The molecule has 1 aliphatic heterocycles. The van der Waals surface area contributed by atoms with Gasteiger partial charge in [-0.2, -0.15) is 0 Å². The first-order valence-corrected chi connectivity index (χ1v) is 5.48. The topological polar surface area (TPSA) is 69.6 Å². The second-order valence-electron chi connectivity index (χ2n) is 3.76. The Morgan fingerprint density at radius 2 is 2.11 bits per heavy atom. The standard InChI is InChI=1S/C13H12N2O3/c16-7-3-6-10-4-1-2-5-11(10)9-15-12(17)8-14-13(15)18/h1-2,4-5,16H,7-9H2,(H,14,18). The zero-order valence-corrected chi connectivity index (χ0v) is 9.64. The number of imide groups is 1. The molecule has 92 valence electrons. The summed E-state index contributed by atoms with van der Waals surface area (Å²) in [6.07, 6.45) is 0. The Morgan fingerprint density at radius 1 is 1.33 bits per heavy atom. The zero-order valence-electron chi connectivity index (χ0n) is 9.64. The summed E-state index contributed by atoms with van der Waals surface area (Å²) in [6.45, 7) is 0.0156. The van der Waals surface area contributed by atoms with Gasteiger partial charge >= 0.3 is 6.03 Å². The van der Waals surface area contributed by atoms with E-state index in [9.17, 15) is 9.59 Å². The SMILES string of the molecule is O=C1CNC(=O)N1Cc1ccccc1C#CCO. The van der Waals surface area contributed by atoms with Crippen LogP contribution in [-0.4, -0.2) is 35.1 Å². The second-order valence-corrected chi connectivity index (χ2v) is 3.76. The van der Waals surface area contributed by atoms with E-state index >= 15 is 0 Å². The van der Waals surface area contributed by atoms with Crippen LogP contribution in [-0.2, 0) is 11.3 Å². The highest BCUT2D eigenvalue weighted by molar-refractivity contribution is 6.01. The van der Waals surface area contributed by atoms with Crippen molar-refractivity contribution in [2.24, 2.45) is 0 Å². The molecule has 0 saturated carbocycles. The van der Waals surface area contributed by atoms with Crippen LogP contribution < -0.4 is 5.32 Å². The summed E-state index contributed by atoms with van der Waals surface area (Å²) in [6, 6.07) is 6.84. The fraction of sp³-hybridized carbons (Fsp3) is 0.231. The Labute approximate surface area is 104 Å². The number of urea groups is 1. The first-order valence-electron chi connectivity index (χ1n) is 5.48. The average Bonchev–Trinajstić information content (AvgIpc) is 2.69. The number of nitrogens with zero attached hydrogens (tertiary/aromatic N) is 1. The van der Waals surface area contributed by atoms with Gasteiger partial charge in [0.2, 0.25) is 5.91 Å². The fourth-order valence-corrected chi connectivity index (χ4v) is 1.70. The molecule has 0 unspecified atom stereocenters. The number of nitrogens with one attached hydrogen (secondary N) is 1. The van der Waals surface area contributed by atoms with Gasteiger partial charge < -0.3 is 10.4 Å².